The maximum Gasteiger partial charge on any atom is 0.162 e. The van der Waals surface area contributed by atoms with E-state index in [9.17, 15) is 19.1 Å². The first-order valence-corrected chi connectivity index (χ1v) is 9.10. The second-order valence-corrected chi connectivity index (χ2v) is 7.07. The van der Waals surface area contributed by atoms with Gasteiger partial charge in [0.1, 0.15) is 23.8 Å². The Morgan fingerprint density at radius 2 is 2.00 bits per heavy atom. The predicted molar refractivity (Wildman–Crippen MR) is 108 cm³/mol. The van der Waals surface area contributed by atoms with Crippen LogP contribution in [0.3, 0.4) is 0 Å². The van der Waals surface area contributed by atoms with E-state index in [0.717, 1.165) is 18.5 Å². The molecule has 0 radical (unpaired) electrons. The molecular formula is C19H13ClF2N8O. The average Bonchev–Trinajstić information content (AvgIpc) is 3.09. The van der Waals surface area contributed by atoms with Gasteiger partial charge in [-0.25, -0.2) is 28.2 Å². The number of nitrogen functional groups attached to an aromatic ring is 1. The molecule has 0 amide bonds. The zero-order valence-electron chi connectivity index (χ0n) is 15.8. The molecule has 156 valence electrons. The van der Waals surface area contributed by atoms with Crippen molar-refractivity contribution in [3.8, 4) is 17.3 Å². The molecule has 1 aromatic carbocycles. The van der Waals surface area contributed by atoms with Crippen LogP contribution < -0.4 is 11.1 Å². The van der Waals surface area contributed by atoms with Gasteiger partial charge in [0.15, 0.2) is 34.0 Å². The number of rotatable bonds is 4. The number of nitrogens with one attached hydrogen (secondary N) is 1. The van der Waals surface area contributed by atoms with Gasteiger partial charge in [-0.05, 0) is 31.2 Å². The molecule has 9 nitrogen and oxygen atoms in total. The van der Waals surface area contributed by atoms with Crippen LogP contribution >= 0.6 is 11.6 Å². The summed E-state index contributed by atoms with van der Waals surface area (Å²) < 4.78 is 28.7. The summed E-state index contributed by atoms with van der Waals surface area (Å²) in [7, 11) is 0. The molecule has 4 N–H and O–H groups in total. The topological polar surface area (TPSA) is 138 Å². The van der Waals surface area contributed by atoms with Crippen LogP contribution in [0.25, 0.3) is 16.9 Å². The van der Waals surface area contributed by atoms with E-state index < -0.39 is 17.4 Å². The van der Waals surface area contributed by atoms with Crippen LogP contribution in [0.2, 0.25) is 5.15 Å². The average molecular weight is 443 g/mol. The zero-order chi connectivity index (χ0) is 22.3. The van der Waals surface area contributed by atoms with Crippen LogP contribution in [0.1, 0.15) is 18.1 Å². The molecule has 4 aromatic rings. The van der Waals surface area contributed by atoms with Gasteiger partial charge in [-0.1, -0.05) is 11.6 Å². The number of halogens is 3. The zero-order valence-corrected chi connectivity index (χ0v) is 16.6. The minimum Gasteiger partial charge on any atom is -0.382 e. The van der Waals surface area contributed by atoms with E-state index >= 15 is 0 Å². The van der Waals surface area contributed by atoms with Crippen molar-refractivity contribution in [1.29, 1.82) is 5.26 Å². The molecule has 12 heteroatoms. The Bertz CT molecular complexity index is 1370. The first-order chi connectivity index (χ1) is 14.7. The molecule has 0 aliphatic carbocycles. The van der Waals surface area contributed by atoms with Crippen LogP contribution in [-0.2, 0) is 5.72 Å². The Morgan fingerprint density at radius 3 is 2.71 bits per heavy atom. The van der Waals surface area contributed by atoms with Crippen LogP contribution in [0, 0.1) is 23.0 Å². The number of aromatic nitrogens is 5. The minimum atomic E-state index is -1.90. The summed E-state index contributed by atoms with van der Waals surface area (Å²) in [6.07, 6.45) is 2.48. The van der Waals surface area contributed by atoms with Crippen molar-refractivity contribution in [1.82, 2.24) is 24.6 Å². The molecule has 0 saturated carbocycles. The van der Waals surface area contributed by atoms with E-state index in [4.69, 9.17) is 17.3 Å². The third kappa shape index (κ3) is 3.58. The van der Waals surface area contributed by atoms with E-state index in [2.05, 4.69) is 25.4 Å². The summed E-state index contributed by atoms with van der Waals surface area (Å²) in [4.78, 5) is 11.8. The van der Waals surface area contributed by atoms with Gasteiger partial charge in [0.05, 0.1) is 11.9 Å². The van der Waals surface area contributed by atoms with Crippen molar-refractivity contribution in [3.63, 3.8) is 0 Å². The summed E-state index contributed by atoms with van der Waals surface area (Å²) >= 11 is 6.10. The fraction of sp³-hybridized carbons (Fsp3) is 0.105. The van der Waals surface area contributed by atoms with E-state index in [1.54, 1.807) is 0 Å². The van der Waals surface area contributed by atoms with Gasteiger partial charge in [-0.3, -0.25) is 0 Å². The van der Waals surface area contributed by atoms with Gasteiger partial charge in [-0.2, -0.15) is 10.4 Å². The number of anilines is 2. The van der Waals surface area contributed by atoms with Crippen LogP contribution in [0.15, 0.2) is 36.8 Å². The van der Waals surface area contributed by atoms with E-state index in [0.29, 0.717) is 0 Å². The monoisotopic (exact) mass is 442 g/mol. The molecule has 0 bridgehead atoms. The SMILES string of the molecule is C[C@](O)(Nc1ncnc(N)c1C#N)c1cc2ncc(Cl)n2nc1-c1ccc(F)c(F)c1. The van der Waals surface area contributed by atoms with Crippen molar-refractivity contribution >= 4 is 28.9 Å². The third-order valence-electron chi connectivity index (χ3n) is 4.52. The number of hydrogen-bond acceptors (Lipinski definition) is 8. The summed E-state index contributed by atoms with van der Waals surface area (Å²) in [5.41, 5.74) is 4.41. The molecule has 31 heavy (non-hydrogen) atoms. The summed E-state index contributed by atoms with van der Waals surface area (Å²) in [6, 6.07) is 6.53. The highest BCUT2D eigenvalue weighted by atomic mass is 35.5. The number of nitriles is 1. The fourth-order valence-corrected chi connectivity index (χ4v) is 3.19. The Hall–Kier alpha value is -3.88. The molecule has 1 atom stereocenters. The number of benzene rings is 1. The molecule has 4 rings (SSSR count). The summed E-state index contributed by atoms with van der Waals surface area (Å²) in [6.45, 7) is 1.37. The number of aliphatic hydroxyl groups is 1. The van der Waals surface area contributed by atoms with Gasteiger partial charge < -0.3 is 16.2 Å². The van der Waals surface area contributed by atoms with Gasteiger partial charge >= 0.3 is 0 Å². The third-order valence-corrected chi connectivity index (χ3v) is 4.78. The molecule has 3 heterocycles. The fourth-order valence-electron chi connectivity index (χ4n) is 3.02. The van der Waals surface area contributed by atoms with Crippen LogP contribution in [0.4, 0.5) is 20.4 Å². The minimum absolute atomic E-state index is 0.0301. The lowest BCUT2D eigenvalue weighted by Gasteiger charge is -2.28. The van der Waals surface area contributed by atoms with E-state index in [-0.39, 0.29) is 44.8 Å². The number of imidazole rings is 1. The van der Waals surface area contributed by atoms with E-state index in [1.165, 1.54) is 29.8 Å². The molecular weight excluding hydrogens is 430 g/mol. The van der Waals surface area contributed by atoms with Crippen molar-refractivity contribution in [2.24, 2.45) is 0 Å². The molecule has 0 aliphatic heterocycles. The quantitative estimate of drug-likeness (QED) is 0.410. The largest absolute Gasteiger partial charge is 0.382 e. The Balaban J connectivity index is 1.92. The molecule has 0 aliphatic rings. The Labute approximate surface area is 178 Å². The second-order valence-electron chi connectivity index (χ2n) is 6.68. The first-order valence-electron chi connectivity index (χ1n) is 8.72. The van der Waals surface area contributed by atoms with Gasteiger partial charge in [0, 0.05) is 11.1 Å². The highest BCUT2D eigenvalue weighted by molar-refractivity contribution is 6.29. The van der Waals surface area contributed by atoms with Gasteiger partial charge in [0.25, 0.3) is 0 Å². The molecule has 0 saturated heterocycles. The normalized spacial score (nSPS) is 13.0. The number of fused-ring (bicyclic) bond motifs is 1. The maximum atomic E-state index is 13.9. The molecule has 0 fully saturated rings. The molecule has 0 unspecified atom stereocenters. The number of nitrogens with two attached hydrogens (primary N) is 1. The van der Waals surface area contributed by atoms with Crippen molar-refractivity contribution < 1.29 is 13.9 Å². The Kier molecular flexibility index (Phi) is 4.88. The highest BCUT2D eigenvalue weighted by Crippen LogP contribution is 2.34. The number of nitrogens with zero attached hydrogens (tertiary/aromatic N) is 6. The Morgan fingerprint density at radius 1 is 1.23 bits per heavy atom. The highest BCUT2D eigenvalue weighted by Gasteiger charge is 2.31. The summed E-state index contributed by atoms with van der Waals surface area (Å²) in [5.74, 6) is -2.24. The lowest BCUT2D eigenvalue weighted by molar-refractivity contribution is 0.0885. The van der Waals surface area contributed by atoms with Crippen LogP contribution in [0.5, 0.6) is 0 Å². The van der Waals surface area contributed by atoms with Crippen molar-refractivity contribution in [2.75, 3.05) is 11.1 Å². The lowest BCUT2D eigenvalue weighted by Crippen LogP contribution is -2.33. The van der Waals surface area contributed by atoms with Crippen molar-refractivity contribution in [2.45, 2.75) is 12.6 Å². The number of hydrogen-bond donors (Lipinski definition) is 3. The smallest absolute Gasteiger partial charge is 0.162 e. The molecule has 3 aromatic heterocycles. The lowest BCUT2D eigenvalue weighted by atomic mass is 9.98. The van der Waals surface area contributed by atoms with Crippen LogP contribution in [-0.4, -0.2) is 29.7 Å². The standard InChI is InChI=1S/C19H13ClF2N8O/c1-19(31,28-18-10(6-23)17(24)26-8-27-18)11-5-15-25-7-14(20)30(15)29-16(11)9-2-3-12(21)13(22)4-9/h2-5,7-8,31H,1H3,(H3,24,26,27,28)/t19-/m1/s1. The molecule has 0 spiro atoms. The van der Waals surface area contributed by atoms with E-state index in [1.807, 2.05) is 6.07 Å². The van der Waals surface area contributed by atoms with Gasteiger partial charge in [0.2, 0.25) is 0 Å². The second kappa shape index (κ2) is 7.42. The van der Waals surface area contributed by atoms with Crippen molar-refractivity contribution in [3.05, 3.63) is 64.7 Å². The summed E-state index contributed by atoms with van der Waals surface area (Å²) in [5, 5.41) is 27.9. The van der Waals surface area contributed by atoms with Gasteiger partial charge in [-0.15, -0.1) is 0 Å². The predicted octanol–water partition coefficient (Wildman–Crippen LogP) is 2.85. The first kappa shape index (κ1) is 20.4. The maximum absolute atomic E-state index is 13.9.